The van der Waals surface area contributed by atoms with E-state index < -0.39 is 18.0 Å². The first-order valence-electron chi connectivity index (χ1n) is 11.4. The summed E-state index contributed by atoms with van der Waals surface area (Å²) in [5.41, 5.74) is 3.34. The molecule has 0 bridgehead atoms. The molecule has 2 aromatic rings. The standard InChI is InChI=1S/C28H34O7/c1-18(2)19(3)22(24-17-21(28(31)33-6)11-13-25(24)32-5)12-14-27(35-20(4)30)23-9-7-8-10-26(23)34-16-15-29/h7-13,17-18,27,29H,3,14-16H2,1-2,4-6H3/b22-12-/t27-/m1/s1. The van der Waals surface area contributed by atoms with E-state index in [9.17, 15) is 14.7 Å². The molecule has 0 aliphatic rings. The van der Waals surface area contributed by atoms with E-state index in [4.69, 9.17) is 18.9 Å². The van der Waals surface area contributed by atoms with Gasteiger partial charge in [-0.25, -0.2) is 4.79 Å². The third-order valence-electron chi connectivity index (χ3n) is 5.41. The van der Waals surface area contributed by atoms with Gasteiger partial charge in [-0.2, -0.15) is 0 Å². The van der Waals surface area contributed by atoms with Crippen molar-refractivity contribution in [2.75, 3.05) is 27.4 Å². The van der Waals surface area contributed by atoms with Gasteiger partial charge in [-0.1, -0.05) is 44.7 Å². The minimum atomic E-state index is -0.646. The second-order valence-corrected chi connectivity index (χ2v) is 8.15. The van der Waals surface area contributed by atoms with Crippen molar-refractivity contribution >= 4 is 17.5 Å². The number of rotatable bonds is 12. The van der Waals surface area contributed by atoms with Gasteiger partial charge in [0, 0.05) is 24.5 Å². The summed E-state index contributed by atoms with van der Waals surface area (Å²) in [6, 6.07) is 12.3. The van der Waals surface area contributed by atoms with Crippen LogP contribution in [-0.4, -0.2) is 44.5 Å². The minimum absolute atomic E-state index is 0.0973. The molecule has 0 saturated heterocycles. The molecule has 0 aliphatic heterocycles. The average molecular weight is 483 g/mol. The van der Waals surface area contributed by atoms with Crippen molar-refractivity contribution in [3.8, 4) is 11.5 Å². The van der Waals surface area contributed by atoms with Crippen LogP contribution in [0.25, 0.3) is 5.57 Å². The fourth-order valence-electron chi connectivity index (χ4n) is 3.59. The molecule has 0 radical (unpaired) electrons. The van der Waals surface area contributed by atoms with Crippen LogP contribution in [0.2, 0.25) is 0 Å². The van der Waals surface area contributed by atoms with Crippen LogP contribution < -0.4 is 9.47 Å². The number of carbonyl (C=O) groups excluding carboxylic acids is 2. The molecule has 0 aromatic heterocycles. The third-order valence-corrected chi connectivity index (χ3v) is 5.41. The van der Waals surface area contributed by atoms with Crippen LogP contribution in [0, 0.1) is 5.92 Å². The number of aliphatic hydroxyl groups excluding tert-OH is 1. The lowest BCUT2D eigenvalue weighted by atomic mass is 9.88. The molecule has 0 spiro atoms. The van der Waals surface area contributed by atoms with Crippen LogP contribution in [0.15, 0.2) is 60.7 Å². The Morgan fingerprint density at radius 2 is 1.80 bits per heavy atom. The Labute approximate surface area is 207 Å². The summed E-state index contributed by atoms with van der Waals surface area (Å²) in [6.07, 6.45) is 1.59. The van der Waals surface area contributed by atoms with Gasteiger partial charge in [0.05, 0.1) is 26.4 Å². The summed E-state index contributed by atoms with van der Waals surface area (Å²) in [5, 5.41) is 9.17. The fourth-order valence-corrected chi connectivity index (χ4v) is 3.59. The summed E-state index contributed by atoms with van der Waals surface area (Å²) in [7, 11) is 2.89. The van der Waals surface area contributed by atoms with Gasteiger partial charge in [-0.3, -0.25) is 4.79 Å². The fraction of sp³-hybridized carbons (Fsp3) is 0.357. The van der Waals surface area contributed by atoms with Crippen molar-refractivity contribution < 1.29 is 33.6 Å². The molecule has 2 rings (SSSR count). The second-order valence-electron chi connectivity index (χ2n) is 8.15. The number of methoxy groups -OCH3 is 2. The highest BCUT2D eigenvalue weighted by Crippen LogP contribution is 2.37. The number of allylic oxidation sites excluding steroid dienone is 2. The molecule has 0 heterocycles. The van der Waals surface area contributed by atoms with Crippen molar-refractivity contribution in [1.82, 2.24) is 0 Å². The minimum Gasteiger partial charge on any atom is -0.496 e. The molecule has 0 amide bonds. The lowest BCUT2D eigenvalue weighted by Gasteiger charge is -2.22. The van der Waals surface area contributed by atoms with Crippen LogP contribution in [0.5, 0.6) is 11.5 Å². The van der Waals surface area contributed by atoms with Crippen LogP contribution in [0.4, 0.5) is 0 Å². The Balaban J connectivity index is 2.60. The summed E-state index contributed by atoms with van der Waals surface area (Å²) < 4.78 is 21.8. The number of aliphatic hydroxyl groups is 1. The molecule has 7 nitrogen and oxygen atoms in total. The summed E-state index contributed by atoms with van der Waals surface area (Å²) in [6.45, 7) is 9.65. The first-order valence-corrected chi connectivity index (χ1v) is 11.4. The van der Waals surface area contributed by atoms with Crippen molar-refractivity contribution in [1.29, 1.82) is 0 Å². The molecular formula is C28H34O7. The van der Waals surface area contributed by atoms with Crippen molar-refractivity contribution in [3.63, 3.8) is 0 Å². The molecule has 1 N–H and O–H groups in total. The van der Waals surface area contributed by atoms with Crippen molar-refractivity contribution in [2.24, 2.45) is 5.92 Å². The molecule has 1 atom stereocenters. The predicted octanol–water partition coefficient (Wildman–Crippen LogP) is 5.14. The number of hydrogen-bond donors (Lipinski definition) is 1. The summed E-state index contributed by atoms with van der Waals surface area (Å²) in [5.74, 6) is 0.295. The first kappa shape index (κ1) is 27.7. The van der Waals surface area contributed by atoms with E-state index in [-0.39, 0.29) is 19.1 Å². The Morgan fingerprint density at radius 3 is 2.40 bits per heavy atom. The van der Waals surface area contributed by atoms with E-state index >= 15 is 0 Å². The Morgan fingerprint density at radius 1 is 1.09 bits per heavy atom. The molecule has 0 aliphatic carbocycles. The Bertz CT molecular complexity index is 1070. The highest BCUT2D eigenvalue weighted by Gasteiger charge is 2.22. The van der Waals surface area contributed by atoms with Gasteiger partial charge in [0.25, 0.3) is 0 Å². The molecule has 0 fully saturated rings. The Hall–Kier alpha value is -3.58. The van der Waals surface area contributed by atoms with Crippen molar-refractivity contribution in [3.05, 3.63) is 77.4 Å². The zero-order valence-corrected chi connectivity index (χ0v) is 21.0. The van der Waals surface area contributed by atoms with E-state index in [2.05, 4.69) is 6.58 Å². The van der Waals surface area contributed by atoms with Crippen LogP contribution in [0.1, 0.15) is 54.8 Å². The number of ether oxygens (including phenoxy) is 4. The number of hydrogen-bond acceptors (Lipinski definition) is 7. The maximum Gasteiger partial charge on any atom is 0.337 e. The summed E-state index contributed by atoms with van der Waals surface area (Å²) >= 11 is 0. The van der Waals surface area contributed by atoms with Crippen LogP contribution in [-0.2, 0) is 14.3 Å². The molecule has 188 valence electrons. The molecule has 0 unspecified atom stereocenters. The van der Waals surface area contributed by atoms with Crippen LogP contribution >= 0.6 is 0 Å². The first-order chi connectivity index (χ1) is 16.7. The molecule has 35 heavy (non-hydrogen) atoms. The van der Waals surface area contributed by atoms with Crippen LogP contribution in [0.3, 0.4) is 0 Å². The molecule has 0 saturated carbocycles. The number of benzene rings is 2. The SMILES string of the molecule is C=C(/C(=C/C[C@@H](OC(C)=O)c1ccccc1OCCO)c1cc(C(=O)OC)ccc1OC)C(C)C. The molecular weight excluding hydrogens is 448 g/mol. The Kier molecular flexibility index (Phi) is 10.5. The van der Waals surface area contributed by atoms with Gasteiger partial charge < -0.3 is 24.1 Å². The lowest BCUT2D eigenvalue weighted by Crippen LogP contribution is -2.11. The largest absolute Gasteiger partial charge is 0.496 e. The zero-order valence-electron chi connectivity index (χ0n) is 21.0. The normalized spacial score (nSPS) is 12.1. The zero-order chi connectivity index (χ0) is 26.0. The summed E-state index contributed by atoms with van der Waals surface area (Å²) in [4.78, 5) is 24.1. The number of carbonyl (C=O) groups is 2. The van der Waals surface area contributed by atoms with Gasteiger partial charge in [-0.15, -0.1) is 0 Å². The lowest BCUT2D eigenvalue weighted by molar-refractivity contribution is -0.146. The predicted molar refractivity (Wildman–Crippen MR) is 134 cm³/mol. The van der Waals surface area contributed by atoms with Gasteiger partial charge in [0.15, 0.2) is 0 Å². The maximum absolute atomic E-state index is 12.2. The smallest absolute Gasteiger partial charge is 0.337 e. The van der Waals surface area contributed by atoms with Gasteiger partial charge in [0.2, 0.25) is 0 Å². The maximum atomic E-state index is 12.2. The quantitative estimate of drug-likeness (QED) is 0.331. The van der Waals surface area contributed by atoms with Crippen molar-refractivity contribution in [2.45, 2.75) is 33.3 Å². The molecule has 2 aromatic carbocycles. The number of esters is 2. The average Bonchev–Trinajstić information content (AvgIpc) is 2.85. The highest BCUT2D eigenvalue weighted by molar-refractivity contribution is 5.92. The monoisotopic (exact) mass is 482 g/mol. The van der Waals surface area contributed by atoms with Gasteiger partial charge in [-0.05, 0) is 41.3 Å². The van der Waals surface area contributed by atoms with E-state index in [0.29, 0.717) is 34.6 Å². The van der Waals surface area contributed by atoms with E-state index in [1.807, 2.05) is 38.1 Å². The van der Waals surface area contributed by atoms with Gasteiger partial charge in [0.1, 0.15) is 24.2 Å². The highest BCUT2D eigenvalue weighted by atomic mass is 16.5. The number of para-hydroxylation sites is 1. The van der Waals surface area contributed by atoms with E-state index in [1.165, 1.54) is 14.0 Å². The van der Waals surface area contributed by atoms with E-state index in [1.54, 1.807) is 31.4 Å². The molecule has 7 heteroatoms. The third kappa shape index (κ3) is 7.45. The second kappa shape index (κ2) is 13.3. The van der Waals surface area contributed by atoms with E-state index in [0.717, 1.165) is 11.1 Å². The topological polar surface area (TPSA) is 91.3 Å². The van der Waals surface area contributed by atoms with Gasteiger partial charge >= 0.3 is 11.9 Å².